The van der Waals surface area contributed by atoms with Crippen molar-refractivity contribution >= 4 is 27.5 Å². The number of carbonyl (C=O) groups excluding carboxylic acids is 2. The van der Waals surface area contributed by atoms with Gasteiger partial charge in [0.05, 0.1) is 19.1 Å². The number of ether oxygens (including phenoxy) is 1. The van der Waals surface area contributed by atoms with E-state index < -0.39 is 28.5 Å². The maximum absolute atomic E-state index is 14.2. The number of hydrogen-bond acceptors (Lipinski definition) is 5. The highest BCUT2D eigenvalue weighted by Crippen LogP contribution is 2.25. The summed E-state index contributed by atoms with van der Waals surface area (Å²) < 4.78 is 32.6. The Morgan fingerprint density at radius 3 is 2.32 bits per heavy atom. The van der Waals surface area contributed by atoms with Gasteiger partial charge in [0.25, 0.3) is 0 Å². The molecule has 0 spiro atoms. The van der Waals surface area contributed by atoms with Crippen LogP contribution in [0.25, 0.3) is 0 Å². The molecule has 0 saturated heterocycles. The molecule has 0 saturated carbocycles. The molecule has 0 fully saturated rings. The highest BCUT2D eigenvalue weighted by Gasteiger charge is 2.33. The molecule has 41 heavy (non-hydrogen) atoms. The lowest BCUT2D eigenvalue weighted by Crippen LogP contribution is -2.53. The molecule has 0 aliphatic carbocycles. The zero-order valence-electron chi connectivity index (χ0n) is 24.6. The normalized spacial score (nSPS) is 11.9. The van der Waals surface area contributed by atoms with E-state index in [4.69, 9.17) is 4.74 Å². The van der Waals surface area contributed by atoms with Gasteiger partial charge >= 0.3 is 0 Å². The molecule has 0 aliphatic rings. The summed E-state index contributed by atoms with van der Waals surface area (Å²) in [5.41, 5.74) is 3.69. The van der Waals surface area contributed by atoms with Crippen LogP contribution < -0.4 is 14.4 Å². The molecule has 9 heteroatoms. The van der Waals surface area contributed by atoms with Crippen LogP contribution in [0, 0.1) is 13.8 Å². The van der Waals surface area contributed by atoms with E-state index in [0.717, 1.165) is 45.7 Å². The number of unbranched alkanes of at least 4 members (excludes halogenated alkanes) is 1. The van der Waals surface area contributed by atoms with Crippen molar-refractivity contribution in [2.75, 3.05) is 30.8 Å². The second-order valence-electron chi connectivity index (χ2n) is 10.3. The maximum atomic E-state index is 14.2. The van der Waals surface area contributed by atoms with Crippen LogP contribution in [0.2, 0.25) is 0 Å². The van der Waals surface area contributed by atoms with Gasteiger partial charge in [0.15, 0.2) is 0 Å². The molecule has 1 N–H and O–H groups in total. The van der Waals surface area contributed by atoms with Gasteiger partial charge in [-0.1, -0.05) is 67.9 Å². The van der Waals surface area contributed by atoms with Crippen molar-refractivity contribution in [3.05, 3.63) is 95.1 Å². The molecule has 8 nitrogen and oxygen atoms in total. The lowest BCUT2D eigenvalue weighted by atomic mass is 10.0. The standard InChI is InChI=1S/C32H41N3O5S/c1-6-7-18-33-32(37)30(21-26-12-9-8-10-13-26)34(22-27-14-11-15-28(20-27)40-4)31(36)23-35(41(5,38)39)29-19-24(2)16-17-25(29)3/h8-17,19-20,30H,6-7,18,21-23H2,1-5H3,(H,33,37)/t30-/m1/s1. The zero-order valence-corrected chi connectivity index (χ0v) is 25.4. The van der Waals surface area contributed by atoms with E-state index in [-0.39, 0.29) is 18.9 Å². The van der Waals surface area contributed by atoms with Crippen molar-refractivity contribution in [1.82, 2.24) is 10.2 Å². The highest BCUT2D eigenvalue weighted by atomic mass is 32.2. The summed E-state index contributed by atoms with van der Waals surface area (Å²) in [5, 5.41) is 2.99. The zero-order chi connectivity index (χ0) is 30.0. The number of methoxy groups -OCH3 is 1. The van der Waals surface area contributed by atoms with Crippen molar-refractivity contribution in [1.29, 1.82) is 0 Å². The largest absolute Gasteiger partial charge is 0.497 e. The molecule has 3 aromatic rings. The molecule has 1 atom stereocenters. The van der Waals surface area contributed by atoms with Crippen LogP contribution in [0.1, 0.15) is 42.0 Å². The maximum Gasteiger partial charge on any atom is 0.244 e. The van der Waals surface area contributed by atoms with Crippen molar-refractivity contribution in [2.24, 2.45) is 0 Å². The molecule has 0 aromatic heterocycles. The Bertz CT molecular complexity index is 1430. The molecule has 0 aliphatic heterocycles. The summed E-state index contributed by atoms with van der Waals surface area (Å²) in [7, 11) is -2.26. The number of rotatable bonds is 14. The third-order valence-corrected chi connectivity index (χ3v) is 8.03. The average molecular weight is 580 g/mol. The van der Waals surface area contributed by atoms with Crippen molar-refractivity contribution < 1.29 is 22.7 Å². The van der Waals surface area contributed by atoms with E-state index in [2.05, 4.69) is 5.32 Å². The molecule has 3 aromatic carbocycles. The minimum Gasteiger partial charge on any atom is -0.497 e. The Labute approximate surface area is 244 Å². The molecule has 2 amide bonds. The third-order valence-electron chi connectivity index (χ3n) is 6.90. The minimum absolute atomic E-state index is 0.0964. The highest BCUT2D eigenvalue weighted by molar-refractivity contribution is 7.92. The van der Waals surface area contributed by atoms with Gasteiger partial charge in [0.2, 0.25) is 21.8 Å². The number of aryl methyl sites for hydroxylation is 2. The lowest BCUT2D eigenvalue weighted by Gasteiger charge is -2.34. The van der Waals surface area contributed by atoms with Gasteiger partial charge in [-0.2, -0.15) is 0 Å². The fourth-order valence-electron chi connectivity index (χ4n) is 4.61. The molecule has 0 unspecified atom stereocenters. The van der Waals surface area contributed by atoms with Gasteiger partial charge in [0.1, 0.15) is 18.3 Å². The first-order valence-corrected chi connectivity index (χ1v) is 15.7. The van der Waals surface area contributed by atoms with Crippen LogP contribution >= 0.6 is 0 Å². The van der Waals surface area contributed by atoms with E-state index >= 15 is 0 Å². The Morgan fingerprint density at radius 1 is 0.951 bits per heavy atom. The summed E-state index contributed by atoms with van der Waals surface area (Å²) in [6, 6.07) is 21.4. The third kappa shape index (κ3) is 9.08. The number of benzene rings is 3. The minimum atomic E-state index is -3.83. The summed E-state index contributed by atoms with van der Waals surface area (Å²) in [6.45, 7) is 5.86. The van der Waals surface area contributed by atoms with Crippen LogP contribution in [0.5, 0.6) is 5.75 Å². The number of nitrogens with one attached hydrogen (secondary N) is 1. The van der Waals surface area contributed by atoms with Gasteiger partial charge < -0.3 is 15.0 Å². The second kappa shape index (κ2) is 14.7. The van der Waals surface area contributed by atoms with E-state index in [1.54, 1.807) is 19.2 Å². The number of anilines is 1. The van der Waals surface area contributed by atoms with Gasteiger partial charge in [-0.15, -0.1) is 0 Å². The topological polar surface area (TPSA) is 96.0 Å². The van der Waals surface area contributed by atoms with Crippen LogP contribution in [0.4, 0.5) is 5.69 Å². The number of nitrogens with zero attached hydrogens (tertiary/aromatic N) is 2. The van der Waals surface area contributed by atoms with E-state index in [0.29, 0.717) is 18.0 Å². The van der Waals surface area contributed by atoms with Crippen molar-refractivity contribution in [2.45, 2.75) is 52.6 Å². The molecular weight excluding hydrogens is 538 g/mol. The number of hydrogen-bond donors (Lipinski definition) is 1. The second-order valence-corrected chi connectivity index (χ2v) is 12.2. The quantitative estimate of drug-likeness (QED) is 0.281. The first kappa shape index (κ1) is 31.7. The van der Waals surface area contributed by atoms with Gasteiger partial charge in [-0.25, -0.2) is 8.42 Å². The summed E-state index contributed by atoms with van der Waals surface area (Å²) in [4.78, 5) is 29.4. The van der Waals surface area contributed by atoms with Crippen LogP contribution in [0.3, 0.4) is 0 Å². The van der Waals surface area contributed by atoms with E-state index in [1.165, 1.54) is 4.90 Å². The van der Waals surface area contributed by atoms with Gasteiger partial charge in [-0.05, 0) is 60.7 Å². The molecular formula is C32H41N3O5S. The van der Waals surface area contributed by atoms with Crippen LogP contribution in [-0.4, -0.2) is 57.6 Å². The molecule has 220 valence electrons. The SMILES string of the molecule is CCCCNC(=O)[C@@H](Cc1ccccc1)N(Cc1cccc(OC)c1)C(=O)CN(c1cc(C)ccc1C)S(C)(=O)=O. The van der Waals surface area contributed by atoms with Crippen molar-refractivity contribution in [3.8, 4) is 5.75 Å². The Balaban J connectivity index is 2.07. The Morgan fingerprint density at radius 2 is 1.66 bits per heavy atom. The molecule has 3 rings (SSSR count). The van der Waals surface area contributed by atoms with Crippen molar-refractivity contribution in [3.63, 3.8) is 0 Å². The first-order chi connectivity index (χ1) is 19.5. The van der Waals surface area contributed by atoms with E-state index in [1.807, 2.05) is 81.4 Å². The summed E-state index contributed by atoms with van der Waals surface area (Å²) in [6.07, 6.45) is 3.08. The van der Waals surface area contributed by atoms with Crippen LogP contribution in [0.15, 0.2) is 72.8 Å². The van der Waals surface area contributed by atoms with Gasteiger partial charge in [0, 0.05) is 19.5 Å². The first-order valence-electron chi connectivity index (χ1n) is 13.8. The monoisotopic (exact) mass is 579 g/mol. The van der Waals surface area contributed by atoms with Crippen LogP contribution in [-0.2, 0) is 32.6 Å². The fourth-order valence-corrected chi connectivity index (χ4v) is 5.51. The summed E-state index contributed by atoms with van der Waals surface area (Å²) in [5.74, 6) is -0.142. The molecule has 0 radical (unpaired) electrons. The lowest BCUT2D eigenvalue weighted by molar-refractivity contribution is -0.140. The number of amides is 2. The smallest absolute Gasteiger partial charge is 0.244 e. The fraction of sp³-hybridized carbons (Fsp3) is 0.375. The number of sulfonamides is 1. The van der Waals surface area contributed by atoms with Gasteiger partial charge in [-0.3, -0.25) is 13.9 Å². The Hall–Kier alpha value is -3.85. The Kier molecular flexibility index (Phi) is 11.3. The average Bonchev–Trinajstić information content (AvgIpc) is 2.95. The van der Waals surface area contributed by atoms with E-state index in [9.17, 15) is 18.0 Å². The molecule has 0 bridgehead atoms. The predicted molar refractivity (Wildman–Crippen MR) is 164 cm³/mol. The summed E-state index contributed by atoms with van der Waals surface area (Å²) >= 11 is 0. The number of carbonyl (C=O) groups is 2. The molecule has 0 heterocycles. The predicted octanol–water partition coefficient (Wildman–Crippen LogP) is 4.63.